The minimum Gasteiger partial charge on any atom is -0.375 e. The van der Waals surface area contributed by atoms with E-state index in [1.165, 1.54) is 17.4 Å². The Morgan fingerprint density at radius 3 is 2.80 bits per heavy atom. The van der Waals surface area contributed by atoms with Crippen molar-refractivity contribution in [2.24, 2.45) is 5.73 Å². The maximum atomic E-state index is 11.0. The van der Waals surface area contributed by atoms with E-state index in [0.29, 0.717) is 17.8 Å². The summed E-state index contributed by atoms with van der Waals surface area (Å²) in [4.78, 5) is 22.4. The normalized spacial score (nSPS) is 10.2. The van der Waals surface area contributed by atoms with Gasteiger partial charge in [-0.15, -0.1) is 11.3 Å². The summed E-state index contributed by atoms with van der Waals surface area (Å²) < 4.78 is 0. The summed E-state index contributed by atoms with van der Waals surface area (Å²) >= 11 is 1.38. The number of nitrogens with zero attached hydrogens (tertiary/aromatic N) is 1. The lowest BCUT2D eigenvalue weighted by molar-refractivity contribution is -0.384. The predicted octanol–water partition coefficient (Wildman–Crippen LogP) is 2.68. The van der Waals surface area contributed by atoms with Gasteiger partial charge in [0.05, 0.1) is 10.5 Å². The number of primary amides is 1. The molecule has 1 aromatic carbocycles. The Bertz CT molecular complexity index is 667. The van der Waals surface area contributed by atoms with Gasteiger partial charge in [-0.05, 0) is 24.6 Å². The van der Waals surface area contributed by atoms with Crippen molar-refractivity contribution in [3.8, 4) is 0 Å². The number of benzene rings is 1. The molecule has 0 aliphatic rings. The summed E-state index contributed by atoms with van der Waals surface area (Å²) in [5.74, 6) is -0.478. The molecule has 0 aliphatic carbocycles. The van der Waals surface area contributed by atoms with Gasteiger partial charge in [-0.25, -0.2) is 0 Å². The van der Waals surface area contributed by atoms with Gasteiger partial charge in [-0.1, -0.05) is 6.07 Å². The van der Waals surface area contributed by atoms with Crippen LogP contribution in [0, 0.1) is 17.0 Å². The van der Waals surface area contributed by atoms with Crippen LogP contribution in [0.1, 0.15) is 20.8 Å². The van der Waals surface area contributed by atoms with Gasteiger partial charge in [0.25, 0.3) is 5.69 Å². The molecular formula is C13H13N3O3S. The average molecular weight is 291 g/mol. The molecule has 1 heterocycles. The number of amides is 1. The van der Waals surface area contributed by atoms with Crippen molar-refractivity contribution in [1.29, 1.82) is 0 Å². The highest BCUT2D eigenvalue weighted by molar-refractivity contribution is 7.10. The topological polar surface area (TPSA) is 98.3 Å². The number of thiophene rings is 1. The van der Waals surface area contributed by atoms with Crippen LogP contribution >= 0.6 is 11.3 Å². The van der Waals surface area contributed by atoms with Crippen molar-refractivity contribution in [1.82, 2.24) is 0 Å². The quantitative estimate of drug-likeness (QED) is 0.653. The predicted molar refractivity (Wildman–Crippen MR) is 78.0 cm³/mol. The van der Waals surface area contributed by atoms with Gasteiger partial charge in [0.2, 0.25) is 5.91 Å². The van der Waals surface area contributed by atoms with Crippen LogP contribution in [-0.4, -0.2) is 10.8 Å². The van der Waals surface area contributed by atoms with Crippen LogP contribution in [0.25, 0.3) is 0 Å². The van der Waals surface area contributed by atoms with E-state index < -0.39 is 10.8 Å². The fourth-order valence-corrected chi connectivity index (χ4v) is 2.54. The smallest absolute Gasteiger partial charge is 0.292 e. The highest BCUT2D eigenvalue weighted by atomic mass is 32.1. The molecule has 2 aromatic rings. The fraction of sp³-hybridized carbons (Fsp3) is 0.154. The molecule has 7 heteroatoms. The van der Waals surface area contributed by atoms with Crippen molar-refractivity contribution in [3.05, 3.63) is 55.8 Å². The first-order valence-electron chi connectivity index (χ1n) is 5.83. The molecule has 0 radical (unpaired) electrons. The highest BCUT2D eigenvalue weighted by Crippen LogP contribution is 2.26. The Labute approximate surface area is 119 Å². The zero-order chi connectivity index (χ0) is 14.7. The zero-order valence-corrected chi connectivity index (χ0v) is 11.6. The second-order valence-electron chi connectivity index (χ2n) is 4.30. The van der Waals surface area contributed by atoms with Crippen LogP contribution in [-0.2, 0) is 6.54 Å². The van der Waals surface area contributed by atoms with Crippen LogP contribution in [0.3, 0.4) is 0 Å². The Morgan fingerprint density at radius 2 is 2.20 bits per heavy atom. The van der Waals surface area contributed by atoms with Crippen LogP contribution < -0.4 is 11.1 Å². The van der Waals surface area contributed by atoms with Gasteiger partial charge >= 0.3 is 0 Å². The Morgan fingerprint density at radius 1 is 1.45 bits per heavy atom. The van der Waals surface area contributed by atoms with E-state index in [0.717, 1.165) is 10.4 Å². The third-order valence-corrected chi connectivity index (χ3v) is 3.68. The van der Waals surface area contributed by atoms with Gasteiger partial charge in [-0.2, -0.15) is 0 Å². The minimum atomic E-state index is -0.478. The molecule has 1 amide bonds. The second-order valence-corrected chi connectivity index (χ2v) is 5.29. The molecular weight excluding hydrogens is 278 g/mol. The molecule has 0 unspecified atom stereocenters. The Balaban J connectivity index is 2.14. The Kier molecular flexibility index (Phi) is 3.99. The molecule has 1 aromatic heterocycles. The lowest BCUT2D eigenvalue weighted by Crippen LogP contribution is -2.09. The molecule has 0 spiro atoms. The summed E-state index contributed by atoms with van der Waals surface area (Å²) in [6, 6.07) is 6.68. The van der Waals surface area contributed by atoms with E-state index in [2.05, 4.69) is 5.32 Å². The standard InChI is InChI=1S/C13H13N3O3S/c1-8-2-3-11(12(4-8)16(18)19)15-6-10-5-9(7-20-10)13(14)17/h2-5,7,15H,6H2,1H3,(H2,14,17). The monoisotopic (exact) mass is 291 g/mol. The average Bonchev–Trinajstić information content (AvgIpc) is 2.86. The van der Waals surface area contributed by atoms with Gasteiger partial charge in [0, 0.05) is 22.9 Å². The first-order valence-corrected chi connectivity index (χ1v) is 6.71. The minimum absolute atomic E-state index is 0.0386. The summed E-state index contributed by atoms with van der Waals surface area (Å²) in [5, 5.41) is 15.7. The van der Waals surface area contributed by atoms with E-state index in [4.69, 9.17) is 5.73 Å². The molecule has 6 nitrogen and oxygen atoms in total. The van der Waals surface area contributed by atoms with E-state index in [1.54, 1.807) is 30.5 Å². The third kappa shape index (κ3) is 3.12. The van der Waals surface area contributed by atoms with Gasteiger partial charge in [0.15, 0.2) is 0 Å². The Hall–Kier alpha value is -2.41. The van der Waals surface area contributed by atoms with Crippen molar-refractivity contribution in [2.45, 2.75) is 13.5 Å². The van der Waals surface area contributed by atoms with Crippen LogP contribution in [0.5, 0.6) is 0 Å². The molecule has 0 saturated carbocycles. The van der Waals surface area contributed by atoms with E-state index in [-0.39, 0.29) is 5.69 Å². The number of anilines is 1. The van der Waals surface area contributed by atoms with E-state index in [1.807, 2.05) is 0 Å². The number of carbonyl (C=O) groups excluding carboxylic acids is 1. The molecule has 2 rings (SSSR count). The number of nitro benzene ring substituents is 1. The second kappa shape index (κ2) is 5.70. The van der Waals surface area contributed by atoms with E-state index in [9.17, 15) is 14.9 Å². The van der Waals surface area contributed by atoms with Gasteiger partial charge < -0.3 is 11.1 Å². The number of nitrogens with one attached hydrogen (secondary N) is 1. The van der Waals surface area contributed by atoms with Crippen molar-refractivity contribution < 1.29 is 9.72 Å². The number of aryl methyl sites for hydroxylation is 1. The zero-order valence-electron chi connectivity index (χ0n) is 10.8. The molecule has 0 atom stereocenters. The summed E-state index contributed by atoms with van der Waals surface area (Å²) in [5.41, 5.74) is 6.94. The van der Waals surface area contributed by atoms with E-state index >= 15 is 0 Å². The van der Waals surface area contributed by atoms with Gasteiger partial charge in [0.1, 0.15) is 5.69 Å². The van der Waals surface area contributed by atoms with Crippen molar-refractivity contribution in [3.63, 3.8) is 0 Å². The summed E-state index contributed by atoms with van der Waals surface area (Å²) in [7, 11) is 0. The lowest BCUT2D eigenvalue weighted by atomic mass is 10.2. The number of carbonyl (C=O) groups is 1. The maximum Gasteiger partial charge on any atom is 0.292 e. The number of hydrogen-bond donors (Lipinski definition) is 2. The van der Waals surface area contributed by atoms with Crippen molar-refractivity contribution in [2.75, 3.05) is 5.32 Å². The molecule has 0 bridgehead atoms. The van der Waals surface area contributed by atoms with Crippen LogP contribution in [0.2, 0.25) is 0 Å². The summed E-state index contributed by atoms with van der Waals surface area (Å²) in [6.45, 7) is 2.21. The molecule has 0 aliphatic heterocycles. The largest absolute Gasteiger partial charge is 0.375 e. The SMILES string of the molecule is Cc1ccc(NCc2cc(C(N)=O)cs2)c([N+](=O)[O-])c1. The maximum absolute atomic E-state index is 11.0. The van der Waals surface area contributed by atoms with Gasteiger partial charge in [-0.3, -0.25) is 14.9 Å². The number of nitro groups is 1. The molecule has 0 fully saturated rings. The fourth-order valence-electron chi connectivity index (χ4n) is 1.73. The molecule has 3 N–H and O–H groups in total. The summed E-state index contributed by atoms with van der Waals surface area (Å²) in [6.07, 6.45) is 0. The van der Waals surface area contributed by atoms with Crippen LogP contribution in [0.15, 0.2) is 29.6 Å². The molecule has 104 valence electrons. The highest BCUT2D eigenvalue weighted by Gasteiger charge is 2.13. The molecule has 0 saturated heterocycles. The third-order valence-electron chi connectivity index (χ3n) is 2.74. The lowest BCUT2D eigenvalue weighted by Gasteiger charge is -2.06. The molecule has 20 heavy (non-hydrogen) atoms. The number of hydrogen-bond acceptors (Lipinski definition) is 5. The first-order chi connectivity index (χ1) is 9.47. The number of nitrogens with two attached hydrogens (primary N) is 1. The van der Waals surface area contributed by atoms with Crippen molar-refractivity contribution >= 4 is 28.6 Å². The first kappa shape index (κ1) is 14.0. The number of rotatable bonds is 5. The van der Waals surface area contributed by atoms with Crippen LogP contribution in [0.4, 0.5) is 11.4 Å².